The molecule has 0 aliphatic rings. The van der Waals surface area contributed by atoms with Crippen LogP contribution < -0.4 is 5.32 Å². The predicted octanol–water partition coefficient (Wildman–Crippen LogP) is 4.74. The highest BCUT2D eigenvalue weighted by molar-refractivity contribution is 7.91. The van der Waals surface area contributed by atoms with E-state index in [0.717, 1.165) is 6.42 Å². The molecular formula is C23H30FNO4S. The monoisotopic (exact) mass is 435 g/mol. The average Bonchev–Trinajstić information content (AvgIpc) is 2.63. The molecule has 0 saturated heterocycles. The highest BCUT2D eigenvalue weighted by atomic mass is 32.2. The van der Waals surface area contributed by atoms with Crippen molar-refractivity contribution in [1.82, 2.24) is 0 Å². The first-order chi connectivity index (χ1) is 13.9. The molecule has 164 valence electrons. The summed E-state index contributed by atoms with van der Waals surface area (Å²) in [5.74, 6) is -0.924. The Kier molecular flexibility index (Phi) is 7.77. The minimum atomic E-state index is -3.56. The van der Waals surface area contributed by atoms with Gasteiger partial charge in [0.15, 0.2) is 9.84 Å². The van der Waals surface area contributed by atoms with E-state index in [0.29, 0.717) is 24.1 Å². The van der Waals surface area contributed by atoms with Crippen LogP contribution in [-0.4, -0.2) is 30.8 Å². The third-order valence-corrected chi connectivity index (χ3v) is 6.84. The fraction of sp³-hybridized carbons (Fsp3) is 0.435. The van der Waals surface area contributed by atoms with Gasteiger partial charge in [0.1, 0.15) is 5.82 Å². The van der Waals surface area contributed by atoms with Gasteiger partial charge in [-0.1, -0.05) is 19.4 Å². The van der Waals surface area contributed by atoms with Crippen molar-refractivity contribution in [3.05, 3.63) is 59.4 Å². The van der Waals surface area contributed by atoms with Gasteiger partial charge in [-0.15, -0.1) is 0 Å². The number of aliphatic hydroxyl groups is 1. The van der Waals surface area contributed by atoms with Crippen LogP contribution in [0.2, 0.25) is 0 Å². The second-order valence-corrected chi connectivity index (χ2v) is 10.6. The number of carbonyl (C=O) groups is 1. The van der Waals surface area contributed by atoms with E-state index >= 15 is 0 Å². The van der Waals surface area contributed by atoms with Gasteiger partial charge < -0.3 is 10.4 Å². The summed E-state index contributed by atoms with van der Waals surface area (Å²) in [4.78, 5) is 12.6. The van der Waals surface area contributed by atoms with E-state index < -0.39 is 21.3 Å². The van der Waals surface area contributed by atoms with Crippen molar-refractivity contribution >= 4 is 21.4 Å². The van der Waals surface area contributed by atoms with Gasteiger partial charge in [-0.2, -0.15) is 0 Å². The number of amides is 1. The number of hydrogen-bond acceptors (Lipinski definition) is 4. The van der Waals surface area contributed by atoms with Crippen LogP contribution in [0.25, 0.3) is 0 Å². The molecule has 5 nitrogen and oxygen atoms in total. The topological polar surface area (TPSA) is 83.5 Å². The number of rotatable bonds is 9. The van der Waals surface area contributed by atoms with Gasteiger partial charge in [-0.25, -0.2) is 12.8 Å². The van der Waals surface area contributed by atoms with Gasteiger partial charge in [0.25, 0.3) is 5.91 Å². The molecule has 2 N–H and O–H groups in total. The minimum Gasteiger partial charge on any atom is -0.390 e. The van der Waals surface area contributed by atoms with E-state index in [1.807, 2.05) is 6.92 Å². The number of sulfone groups is 1. The lowest BCUT2D eigenvalue weighted by molar-refractivity contribution is 0.0673. The van der Waals surface area contributed by atoms with Crippen LogP contribution in [0.5, 0.6) is 0 Å². The standard InChI is InChI=1S/C23H30FNO4S/c1-16(7-6-12-23(3,4)27)15-30(28,29)20-9-5-8-18(14-20)22(26)25-19-10-11-21(24)17(2)13-19/h5,8-11,13-14,16,27H,6-7,12,15H2,1-4H3,(H,25,26). The summed E-state index contributed by atoms with van der Waals surface area (Å²) in [6.07, 6.45) is 2.03. The highest BCUT2D eigenvalue weighted by Gasteiger charge is 2.21. The van der Waals surface area contributed by atoms with Crippen molar-refractivity contribution in [3.63, 3.8) is 0 Å². The van der Waals surface area contributed by atoms with Crippen molar-refractivity contribution in [2.24, 2.45) is 5.92 Å². The van der Waals surface area contributed by atoms with E-state index in [2.05, 4.69) is 5.32 Å². The number of halogens is 1. The van der Waals surface area contributed by atoms with E-state index in [4.69, 9.17) is 0 Å². The largest absolute Gasteiger partial charge is 0.390 e. The third-order valence-electron chi connectivity index (χ3n) is 4.86. The molecule has 1 atom stereocenters. The zero-order valence-corrected chi connectivity index (χ0v) is 18.7. The lowest BCUT2D eigenvalue weighted by Crippen LogP contribution is -2.20. The molecule has 0 aromatic heterocycles. The summed E-state index contributed by atoms with van der Waals surface area (Å²) < 4.78 is 39.0. The molecule has 0 heterocycles. The zero-order valence-electron chi connectivity index (χ0n) is 17.9. The molecule has 2 rings (SSSR count). The van der Waals surface area contributed by atoms with Crippen molar-refractivity contribution in [2.75, 3.05) is 11.1 Å². The van der Waals surface area contributed by atoms with Crippen LogP contribution in [0.15, 0.2) is 47.4 Å². The first-order valence-corrected chi connectivity index (χ1v) is 11.7. The van der Waals surface area contributed by atoms with Crippen molar-refractivity contribution in [2.45, 2.75) is 57.5 Å². The van der Waals surface area contributed by atoms with Crippen LogP contribution in [0.3, 0.4) is 0 Å². The molecule has 0 fully saturated rings. The molecule has 0 spiro atoms. The SMILES string of the molecule is Cc1cc(NC(=O)c2cccc(S(=O)(=O)CC(C)CCCC(C)(C)O)c2)ccc1F. The Hall–Kier alpha value is -2.25. The molecule has 30 heavy (non-hydrogen) atoms. The minimum absolute atomic E-state index is 0.0267. The number of aryl methyl sites for hydroxylation is 1. The van der Waals surface area contributed by atoms with Crippen LogP contribution in [0.4, 0.5) is 10.1 Å². The Morgan fingerprint density at radius 3 is 2.53 bits per heavy atom. The number of benzene rings is 2. The van der Waals surface area contributed by atoms with Gasteiger partial charge in [0, 0.05) is 11.3 Å². The van der Waals surface area contributed by atoms with Gasteiger partial charge in [0.2, 0.25) is 0 Å². The third kappa shape index (κ3) is 7.22. The van der Waals surface area contributed by atoms with Gasteiger partial charge >= 0.3 is 0 Å². The molecule has 1 unspecified atom stereocenters. The number of carbonyl (C=O) groups excluding carboxylic acids is 1. The van der Waals surface area contributed by atoms with Gasteiger partial charge in [0.05, 0.1) is 16.2 Å². The fourth-order valence-corrected chi connectivity index (χ4v) is 4.89. The van der Waals surface area contributed by atoms with E-state index in [-0.39, 0.29) is 27.9 Å². The molecule has 0 aliphatic heterocycles. The molecule has 0 aliphatic carbocycles. The summed E-state index contributed by atoms with van der Waals surface area (Å²) in [6, 6.07) is 10.2. The Balaban J connectivity index is 2.07. The smallest absolute Gasteiger partial charge is 0.255 e. The Bertz CT molecular complexity index is 997. The Morgan fingerprint density at radius 2 is 1.90 bits per heavy atom. The maximum atomic E-state index is 13.4. The average molecular weight is 436 g/mol. The van der Waals surface area contributed by atoms with Gasteiger partial charge in [-0.3, -0.25) is 4.79 Å². The van der Waals surface area contributed by atoms with Crippen molar-refractivity contribution in [1.29, 1.82) is 0 Å². The molecule has 1 amide bonds. The summed E-state index contributed by atoms with van der Waals surface area (Å²) in [5.41, 5.74) is 0.298. The number of anilines is 1. The predicted molar refractivity (Wildman–Crippen MR) is 117 cm³/mol. The van der Waals surface area contributed by atoms with Crippen LogP contribution in [0.1, 0.15) is 56.0 Å². The molecule has 2 aromatic carbocycles. The second-order valence-electron chi connectivity index (χ2n) is 8.54. The molecule has 0 radical (unpaired) electrons. The molecule has 7 heteroatoms. The first-order valence-electron chi connectivity index (χ1n) is 10.00. The number of hydrogen-bond donors (Lipinski definition) is 2. The van der Waals surface area contributed by atoms with E-state index in [9.17, 15) is 22.7 Å². The Morgan fingerprint density at radius 1 is 1.20 bits per heavy atom. The van der Waals surface area contributed by atoms with Crippen LogP contribution in [-0.2, 0) is 9.84 Å². The van der Waals surface area contributed by atoms with Crippen molar-refractivity contribution < 1.29 is 22.7 Å². The quantitative estimate of drug-likeness (QED) is 0.596. The maximum absolute atomic E-state index is 13.4. The molecular weight excluding hydrogens is 405 g/mol. The molecule has 2 aromatic rings. The van der Waals surface area contributed by atoms with E-state index in [1.54, 1.807) is 20.8 Å². The summed E-state index contributed by atoms with van der Waals surface area (Å²) in [7, 11) is -3.56. The normalized spacial score (nSPS) is 13.1. The summed E-state index contributed by atoms with van der Waals surface area (Å²) in [5, 5.41) is 12.4. The van der Waals surface area contributed by atoms with Crippen molar-refractivity contribution in [3.8, 4) is 0 Å². The summed E-state index contributed by atoms with van der Waals surface area (Å²) in [6.45, 7) is 6.94. The number of nitrogens with one attached hydrogen (secondary N) is 1. The first kappa shape index (κ1) is 24.0. The fourth-order valence-electron chi connectivity index (χ4n) is 3.19. The molecule has 0 saturated carbocycles. The van der Waals surface area contributed by atoms with E-state index in [1.165, 1.54) is 42.5 Å². The van der Waals surface area contributed by atoms with Crippen LogP contribution >= 0.6 is 0 Å². The summed E-state index contributed by atoms with van der Waals surface area (Å²) >= 11 is 0. The molecule has 0 bridgehead atoms. The zero-order chi connectivity index (χ0) is 22.5. The maximum Gasteiger partial charge on any atom is 0.255 e. The lowest BCUT2D eigenvalue weighted by Gasteiger charge is -2.18. The highest BCUT2D eigenvalue weighted by Crippen LogP contribution is 2.21. The van der Waals surface area contributed by atoms with Gasteiger partial charge in [-0.05, 0) is 81.5 Å². The second kappa shape index (κ2) is 9.71. The van der Waals surface area contributed by atoms with Crippen LogP contribution in [0, 0.1) is 18.7 Å². The lowest BCUT2D eigenvalue weighted by atomic mass is 9.98. The Labute approximate surface area is 178 Å².